The summed E-state index contributed by atoms with van der Waals surface area (Å²) in [5.41, 5.74) is 1.23. The molecule has 0 radical (unpaired) electrons. The summed E-state index contributed by atoms with van der Waals surface area (Å²) in [6.45, 7) is 1.29. The molecule has 146 valence electrons. The largest absolute Gasteiger partial charge is 0.492 e. The van der Waals surface area contributed by atoms with E-state index in [4.69, 9.17) is 4.74 Å². The van der Waals surface area contributed by atoms with Gasteiger partial charge in [-0.15, -0.1) is 0 Å². The highest BCUT2D eigenvalue weighted by Gasteiger charge is 2.21. The average molecular weight is 381 g/mol. The van der Waals surface area contributed by atoms with Crippen LogP contribution in [-0.4, -0.2) is 44.0 Å². The van der Waals surface area contributed by atoms with Crippen molar-refractivity contribution < 1.29 is 19.1 Å². The molecule has 1 aliphatic rings. The molecule has 0 spiro atoms. The van der Waals surface area contributed by atoms with Crippen LogP contribution in [-0.2, 0) is 9.59 Å². The molecule has 1 fully saturated rings. The molecule has 7 nitrogen and oxygen atoms in total. The van der Waals surface area contributed by atoms with Crippen LogP contribution in [0.1, 0.15) is 23.2 Å². The maximum absolute atomic E-state index is 12.2. The van der Waals surface area contributed by atoms with Crippen LogP contribution in [0.25, 0.3) is 0 Å². The normalized spacial score (nSPS) is 13.3. The van der Waals surface area contributed by atoms with Gasteiger partial charge < -0.3 is 20.3 Å². The molecule has 2 N–H and O–H groups in total. The first kappa shape index (κ1) is 19.4. The molecule has 0 atom stereocenters. The van der Waals surface area contributed by atoms with E-state index in [1.165, 1.54) is 0 Å². The third-order valence-electron chi connectivity index (χ3n) is 4.36. The molecule has 1 heterocycles. The topological polar surface area (TPSA) is 87.7 Å². The highest BCUT2D eigenvalue weighted by molar-refractivity contribution is 5.98. The first-order valence-corrected chi connectivity index (χ1v) is 9.26. The van der Waals surface area contributed by atoms with Gasteiger partial charge in [-0.05, 0) is 42.8 Å². The van der Waals surface area contributed by atoms with E-state index in [-0.39, 0.29) is 24.3 Å². The third-order valence-corrected chi connectivity index (χ3v) is 4.36. The number of hydrogen-bond donors (Lipinski definition) is 2. The fourth-order valence-electron chi connectivity index (χ4n) is 2.92. The smallest absolute Gasteiger partial charge is 0.251 e. The van der Waals surface area contributed by atoms with Crippen molar-refractivity contribution in [1.82, 2.24) is 10.6 Å². The molecule has 1 aliphatic heterocycles. The molecule has 2 aromatic carbocycles. The van der Waals surface area contributed by atoms with Gasteiger partial charge in [-0.3, -0.25) is 14.4 Å². The van der Waals surface area contributed by atoms with Crippen molar-refractivity contribution in [2.45, 2.75) is 12.8 Å². The van der Waals surface area contributed by atoms with E-state index < -0.39 is 0 Å². The number of hydrogen-bond acceptors (Lipinski definition) is 4. The fraction of sp³-hybridized carbons (Fsp3) is 0.286. The fourth-order valence-corrected chi connectivity index (χ4v) is 2.92. The Bertz CT molecular complexity index is 821. The first-order valence-electron chi connectivity index (χ1n) is 9.26. The molecule has 0 saturated carbocycles. The Balaban J connectivity index is 1.37. The number of amides is 3. The van der Waals surface area contributed by atoms with E-state index in [0.29, 0.717) is 31.7 Å². The SMILES string of the molecule is O=C(CNC(=O)c1ccc(N2CCCC2=O)cc1)NCCOc1ccccc1. The summed E-state index contributed by atoms with van der Waals surface area (Å²) >= 11 is 0. The number of benzene rings is 2. The van der Waals surface area contributed by atoms with Crippen LogP contribution in [0.4, 0.5) is 5.69 Å². The molecule has 0 bridgehead atoms. The molecule has 0 aliphatic carbocycles. The second kappa shape index (κ2) is 9.55. The minimum atomic E-state index is -0.338. The minimum absolute atomic E-state index is 0.102. The maximum atomic E-state index is 12.2. The van der Waals surface area contributed by atoms with E-state index in [2.05, 4.69) is 10.6 Å². The first-order chi connectivity index (χ1) is 13.6. The van der Waals surface area contributed by atoms with Crippen molar-refractivity contribution in [1.29, 1.82) is 0 Å². The Morgan fingerprint density at radius 2 is 1.75 bits per heavy atom. The molecule has 2 aromatic rings. The summed E-state index contributed by atoms with van der Waals surface area (Å²) in [4.78, 5) is 37.5. The van der Waals surface area contributed by atoms with Crippen LogP contribution in [0.15, 0.2) is 54.6 Å². The van der Waals surface area contributed by atoms with E-state index in [9.17, 15) is 14.4 Å². The Morgan fingerprint density at radius 1 is 1.00 bits per heavy atom. The van der Waals surface area contributed by atoms with Crippen molar-refractivity contribution in [2.75, 3.05) is 31.1 Å². The number of rotatable bonds is 8. The molecular weight excluding hydrogens is 358 g/mol. The van der Waals surface area contributed by atoms with Gasteiger partial charge in [0.05, 0.1) is 13.1 Å². The zero-order valence-electron chi connectivity index (χ0n) is 15.5. The highest BCUT2D eigenvalue weighted by Crippen LogP contribution is 2.21. The summed E-state index contributed by atoms with van der Waals surface area (Å²) in [6.07, 6.45) is 1.42. The van der Waals surface area contributed by atoms with Crippen LogP contribution >= 0.6 is 0 Å². The molecule has 0 aromatic heterocycles. The van der Waals surface area contributed by atoms with Crippen molar-refractivity contribution in [3.8, 4) is 5.75 Å². The van der Waals surface area contributed by atoms with Crippen LogP contribution in [0.3, 0.4) is 0 Å². The average Bonchev–Trinajstić information content (AvgIpc) is 3.16. The maximum Gasteiger partial charge on any atom is 0.251 e. The lowest BCUT2D eigenvalue weighted by Gasteiger charge is -2.15. The van der Waals surface area contributed by atoms with E-state index in [1.807, 2.05) is 30.3 Å². The van der Waals surface area contributed by atoms with Gasteiger partial charge >= 0.3 is 0 Å². The van der Waals surface area contributed by atoms with Gasteiger partial charge in [-0.2, -0.15) is 0 Å². The van der Waals surface area contributed by atoms with Crippen LogP contribution in [0.2, 0.25) is 0 Å². The Morgan fingerprint density at radius 3 is 2.43 bits per heavy atom. The van der Waals surface area contributed by atoms with Gasteiger partial charge in [0, 0.05) is 24.2 Å². The summed E-state index contributed by atoms with van der Waals surface area (Å²) < 4.78 is 5.48. The Hall–Kier alpha value is -3.35. The monoisotopic (exact) mass is 381 g/mol. The summed E-state index contributed by atoms with van der Waals surface area (Å²) in [5.74, 6) is 0.216. The Labute approximate surface area is 163 Å². The summed E-state index contributed by atoms with van der Waals surface area (Å²) in [6, 6.07) is 16.1. The van der Waals surface area contributed by atoms with Gasteiger partial charge in [0.25, 0.3) is 5.91 Å². The van der Waals surface area contributed by atoms with Crippen LogP contribution in [0, 0.1) is 0 Å². The molecule has 1 saturated heterocycles. The van der Waals surface area contributed by atoms with Crippen LogP contribution in [0.5, 0.6) is 5.75 Å². The second-order valence-corrected chi connectivity index (χ2v) is 6.39. The van der Waals surface area contributed by atoms with Gasteiger partial charge in [0.15, 0.2) is 0 Å². The number of nitrogens with zero attached hydrogens (tertiary/aromatic N) is 1. The molecule has 3 rings (SSSR count). The lowest BCUT2D eigenvalue weighted by molar-refractivity contribution is -0.120. The molecule has 28 heavy (non-hydrogen) atoms. The number of carbonyl (C=O) groups is 3. The Kier molecular flexibility index (Phi) is 6.62. The van der Waals surface area contributed by atoms with Crippen molar-refractivity contribution in [3.63, 3.8) is 0 Å². The minimum Gasteiger partial charge on any atom is -0.492 e. The molecule has 7 heteroatoms. The predicted molar refractivity (Wildman–Crippen MR) is 105 cm³/mol. The van der Waals surface area contributed by atoms with Crippen LogP contribution < -0.4 is 20.3 Å². The lowest BCUT2D eigenvalue weighted by atomic mass is 10.2. The number of ether oxygens (including phenoxy) is 1. The highest BCUT2D eigenvalue weighted by atomic mass is 16.5. The summed E-state index contributed by atoms with van der Waals surface area (Å²) in [5, 5.41) is 5.27. The second-order valence-electron chi connectivity index (χ2n) is 6.39. The van der Waals surface area contributed by atoms with Gasteiger partial charge in [-0.1, -0.05) is 18.2 Å². The van der Waals surface area contributed by atoms with E-state index >= 15 is 0 Å². The zero-order valence-corrected chi connectivity index (χ0v) is 15.5. The van der Waals surface area contributed by atoms with Gasteiger partial charge in [-0.25, -0.2) is 0 Å². The summed E-state index contributed by atoms with van der Waals surface area (Å²) in [7, 11) is 0. The number of carbonyl (C=O) groups excluding carboxylic acids is 3. The lowest BCUT2D eigenvalue weighted by Crippen LogP contribution is -2.38. The van der Waals surface area contributed by atoms with Crippen molar-refractivity contribution in [2.24, 2.45) is 0 Å². The van der Waals surface area contributed by atoms with Gasteiger partial charge in [0.1, 0.15) is 12.4 Å². The predicted octanol–water partition coefficient (Wildman–Crippen LogP) is 1.74. The quantitative estimate of drug-likeness (QED) is 0.682. The van der Waals surface area contributed by atoms with E-state index in [1.54, 1.807) is 29.2 Å². The standard InChI is InChI=1S/C21H23N3O4/c25-19(22-12-14-28-18-5-2-1-3-6-18)15-23-21(27)16-8-10-17(11-9-16)24-13-4-7-20(24)26/h1-3,5-6,8-11H,4,7,12-15H2,(H,22,25)(H,23,27). The molecule has 0 unspecified atom stereocenters. The molecular formula is C21H23N3O4. The van der Waals surface area contributed by atoms with Crippen molar-refractivity contribution in [3.05, 3.63) is 60.2 Å². The number of anilines is 1. The zero-order chi connectivity index (χ0) is 19.8. The number of nitrogens with one attached hydrogen (secondary N) is 2. The molecule has 3 amide bonds. The number of para-hydroxylation sites is 1. The van der Waals surface area contributed by atoms with Gasteiger partial charge in [0.2, 0.25) is 11.8 Å². The third kappa shape index (κ3) is 5.33. The van der Waals surface area contributed by atoms with E-state index in [0.717, 1.165) is 17.9 Å². The van der Waals surface area contributed by atoms with Crippen molar-refractivity contribution >= 4 is 23.4 Å².